The summed E-state index contributed by atoms with van der Waals surface area (Å²) in [5, 5.41) is 15.1. The monoisotopic (exact) mass is 427 g/mol. The van der Waals surface area contributed by atoms with Gasteiger partial charge in [0.15, 0.2) is 21.2 Å². The first kappa shape index (κ1) is 19.0. The average molecular weight is 427 g/mol. The van der Waals surface area contributed by atoms with Crippen molar-refractivity contribution in [2.45, 2.75) is 38.1 Å². The maximum absolute atomic E-state index is 13.1. The summed E-state index contributed by atoms with van der Waals surface area (Å²) in [5.41, 5.74) is 3.43. The van der Waals surface area contributed by atoms with Crippen LogP contribution in [0.1, 0.15) is 47.1 Å². The number of nitrogens with one attached hydrogen (secondary N) is 1. The van der Waals surface area contributed by atoms with Gasteiger partial charge in [-0.05, 0) is 42.4 Å². The molecule has 2 aromatic heterocycles. The molecule has 9 nitrogen and oxygen atoms in total. The van der Waals surface area contributed by atoms with Crippen molar-refractivity contribution in [1.29, 1.82) is 0 Å². The van der Waals surface area contributed by atoms with Crippen LogP contribution in [-0.2, 0) is 22.7 Å². The van der Waals surface area contributed by atoms with Gasteiger partial charge in [0.05, 0.1) is 17.5 Å². The van der Waals surface area contributed by atoms with Gasteiger partial charge in [0.25, 0.3) is 5.91 Å². The molecule has 1 saturated heterocycles. The zero-order chi connectivity index (χ0) is 20.7. The summed E-state index contributed by atoms with van der Waals surface area (Å²) in [6.07, 6.45) is 4.06. The van der Waals surface area contributed by atoms with Crippen molar-refractivity contribution in [3.05, 3.63) is 47.3 Å². The molecule has 0 spiro atoms. The van der Waals surface area contributed by atoms with E-state index in [-0.39, 0.29) is 29.3 Å². The van der Waals surface area contributed by atoms with Crippen LogP contribution >= 0.6 is 0 Å². The van der Waals surface area contributed by atoms with Crippen molar-refractivity contribution in [2.24, 2.45) is 0 Å². The van der Waals surface area contributed by atoms with Gasteiger partial charge in [-0.2, -0.15) is 5.10 Å². The molecule has 1 fully saturated rings. The second-order valence-electron chi connectivity index (χ2n) is 7.76. The normalized spacial score (nSPS) is 20.1. The zero-order valence-corrected chi connectivity index (χ0v) is 17.1. The second kappa shape index (κ2) is 7.35. The van der Waals surface area contributed by atoms with Gasteiger partial charge in [-0.1, -0.05) is 30.3 Å². The van der Waals surface area contributed by atoms with E-state index in [1.54, 1.807) is 4.68 Å². The minimum Gasteiger partial charge on any atom is -0.300 e. The van der Waals surface area contributed by atoms with Crippen molar-refractivity contribution >= 4 is 21.6 Å². The van der Waals surface area contributed by atoms with Crippen LogP contribution in [0.15, 0.2) is 35.0 Å². The summed E-state index contributed by atoms with van der Waals surface area (Å²) < 4.78 is 30.6. The third-order valence-electron chi connectivity index (χ3n) is 5.75. The Morgan fingerprint density at radius 1 is 1.13 bits per heavy atom. The maximum atomic E-state index is 13.1. The van der Waals surface area contributed by atoms with Crippen molar-refractivity contribution in [3.8, 4) is 11.3 Å². The molecule has 0 unspecified atom stereocenters. The molecule has 1 aliphatic heterocycles. The summed E-state index contributed by atoms with van der Waals surface area (Å²) >= 11 is 0. The third kappa shape index (κ3) is 3.41. The van der Waals surface area contributed by atoms with Crippen LogP contribution in [0.3, 0.4) is 0 Å². The number of fused-ring (bicyclic) bond motifs is 1. The van der Waals surface area contributed by atoms with Crippen LogP contribution in [0.25, 0.3) is 11.3 Å². The quantitative estimate of drug-likeness (QED) is 0.679. The largest absolute Gasteiger partial charge is 0.300 e. The van der Waals surface area contributed by atoms with Gasteiger partial charge in [-0.3, -0.25) is 9.48 Å². The molecule has 156 valence electrons. The lowest BCUT2D eigenvalue weighted by molar-refractivity contribution is 0.101. The minimum atomic E-state index is -3.05. The number of carbonyl (C=O) groups excluding carboxylic acids is 1. The molecule has 5 rings (SSSR count). The highest BCUT2D eigenvalue weighted by atomic mass is 32.2. The fraction of sp³-hybridized carbons (Fsp3) is 0.400. The van der Waals surface area contributed by atoms with Crippen molar-refractivity contribution in [2.75, 3.05) is 16.8 Å². The van der Waals surface area contributed by atoms with Gasteiger partial charge >= 0.3 is 0 Å². The van der Waals surface area contributed by atoms with E-state index in [1.165, 1.54) is 0 Å². The predicted octanol–water partition coefficient (Wildman–Crippen LogP) is 2.42. The third-order valence-corrected chi connectivity index (χ3v) is 7.50. The summed E-state index contributed by atoms with van der Waals surface area (Å²) in [7, 11) is -3.05. The average Bonchev–Trinajstić information content (AvgIpc) is 3.45. The molecule has 10 heteroatoms. The standard InChI is InChI=1S/C20H21N5O4S/c26-20(21-19-17(23-29-24-19)13-6-2-1-3-7-13)18-15-8-4-5-9-16(15)25(22-18)14-10-11-30(27,28)12-14/h1-3,6-7,14H,4-5,8-12H2,(H,21,24,26)/t14-/m1/s1. The second-order valence-corrected chi connectivity index (χ2v) is 9.99. The minimum absolute atomic E-state index is 0.0769. The van der Waals surface area contributed by atoms with Gasteiger partial charge in [-0.15, -0.1) is 0 Å². The number of nitrogens with zero attached hydrogens (tertiary/aromatic N) is 4. The summed E-state index contributed by atoms with van der Waals surface area (Å²) in [6, 6.07) is 9.11. The summed E-state index contributed by atoms with van der Waals surface area (Å²) in [4.78, 5) is 13.1. The Kier molecular flexibility index (Phi) is 4.65. The first-order valence-corrected chi connectivity index (χ1v) is 11.8. The molecule has 1 atom stereocenters. The van der Waals surface area contributed by atoms with Crippen molar-refractivity contribution in [3.63, 3.8) is 0 Å². The highest BCUT2D eigenvalue weighted by molar-refractivity contribution is 7.91. The van der Waals surface area contributed by atoms with Crippen LogP contribution in [0.4, 0.5) is 5.82 Å². The maximum Gasteiger partial charge on any atom is 0.277 e. The van der Waals surface area contributed by atoms with Gasteiger partial charge in [0, 0.05) is 16.8 Å². The Morgan fingerprint density at radius 3 is 2.70 bits per heavy atom. The molecular weight excluding hydrogens is 406 g/mol. The Bertz CT molecular complexity index is 1200. The number of anilines is 1. The molecule has 1 aromatic carbocycles. The lowest BCUT2D eigenvalue weighted by atomic mass is 9.95. The van der Waals surface area contributed by atoms with E-state index in [0.29, 0.717) is 17.8 Å². The SMILES string of the molecule is O=C(Nc1nonc1-c1ccccc1)c1nn([C@@H]2CCS(=O)(=O)C2)c2c1CCCC2. The molecule has 1 N–H and O–H groups in total. The number of hydrogen-bond acceptors (Lipinski definition) is 7. The molecule has 3 aromatic rings. The van der Waals surface area contributed by atoms with Gasteiger partial charge in [-0.25, -0.2) is 13.0 Å². The van der Waals surface area contributed by atoms with Crippen LogP contribution in [0.5, 0.6) is 0 Å². The lowest BCUT2D eigenvalue weighted by Gasteiger charge is -2.17. The highest BCUT2D eigenvalue weighted by Crippen LogP contribution is 2.32. The summed E-state index contributed by atoms with van der Waals surface area (Å²) in [5.74, 6) is 0.0845. The van der Waals surface area contributed by atoms with Gasteiger partial charge in [0.2, 0.25) is 5.82 Å². The Balaban J connectivity index is 1.47. The topological polar surface area (TPSA) is 120 Å². The van der Waals surface area contributed by atoms with Crippen molar-refractivity contribution < 1.29 is 17.8 Å². The van der Waals surface area contributed by atoms with E-state index in [0.717, 1.165) is 42.5 Å². The van der Waals surface area contributed by atoms with E-state index >= 15 is 0 Å². The highest BCUT2D eigenvalue weighted by Gasteiger charge is 2.34. The number of rotatable bonds is 4. The molecule has 30 heavy (non-hydrogen) atoms. The lowest BCUT2D eigenvalue weighted by Crippen LogP contribution is -2.17. The molecule has 0 radical (unpaired) electrons. The fourth-order valence-electron chi connectivity index (χ4n) is 4.30. The number of sulfone groups is 1. The predicted molar refractivity (Wildman–Crippen MR) is 109 cm³/mol. The molecular formula is C20H21N5O4S. The van der Waals surface area contributed by atoms with Crippen LogP contribution in [0, 0.1) is 0 Å². The van der Waals surface area contributed by atoms with E-state index in [9.17, 15) is 13.2 Å². The Morgan fingerprint density at radius 2 is 1.93 bits per heavy atom. The van der Waals surface area contributed by atoms with Gasteiger partial charge in [0.1, 0.15) is 0 Å². The molecule has 3 heterocycles. The number of amides is 1. The van der Waals surface area contributed by atoms with Gasteiger partial charge < -0.3 is 5.32 Å². The number of benzene rings is 1. The van der Waals surface area contributed by atoms with Crippen molar-refractivity contribution in [1.82, 2.24) is 20.1 Å². The zero-order valence-electron chi connectivity index (χ0n) is 16.2. The number of carbonyl (C=O) groups is 1. The first-order chi connectivity index (χ1) is 14.5. The molecule has 0 bridgehead atoms. The van der Waals surface area contributed by atoms with Crippen LogP contribution in [-0.4, -0.2) is 45.9 Å². The van der Waals surface area contributed by atoms with E-state index in [4.69, 9.17) is 4.63 Å². The number of hydrogen-bond donors (Lipinski definition) is 1. The van der Waals surface area contributed by atoms with Crippen LogP contribution in [0.2, 0.25) is 0 Å². The molecule has 1 amide bonds. The number of aromatic nitrogens is 4. The summed E-state index contributed by atoms with van der Waals surface area (Å²) in [6.45, 7) is 0. The van der Waals surface area contributed by atoms with E-state index in [1.807, 2.05) is 30.3 Å². The van der Waals surface area contributed by atoms with E-state index in [2.05, 4.69) is 20.7 Å². The molecule has 2 aliphatic rings. The fourth-order valence-corrected chi connectivity index (χ4v) is 5.99. The first-order valence-electron chi connectivity index (χ1n) is 10.0. The van der Waals surface area contributed by atoms with Crippen LogP contribution < -0.4 is 5.32 Å². The Labute approximate surface area is 173 Å². The smallest absolute Gasteiger partial charge is 0.277 e. The molecule has 1 aliphatic carbocycles. The Hall–Kier alpha value is -3.01. The molecule has 0 saturated carbocycles. The van der Waals surface area contributed by atoms with E-state index < -0.39 is 9.84 Å².